The second-order valence-corrected chi connectivity index (χ2v) is 10.4. The van der Waals surface area contributed by atoms with Crippen LogP contribution in [0.5, 0.6) is 0 Å². The molecule has 10 heteroatoms. The van der Waals surface area contributed by atoms with Crippen molar-refractivity contribution in [1.82, 2.24) is 25.6 Å². The predicted octanol–water partition coefficient (Wildman–Crippen LogP) is 3.65. The predicted molar refractivity (Wildman–Crippen MR) is 140 cm³/mol. The Morgan fingerprint density at radius 1 is 1.16 bits per heavy atom. The molecule has 1 aromatic carbocycles. The molecule has 1 amide bonds. The van der Waals surface area contributed by atoms with E-state index in [2.05, 4.69) is 62.2 Å². The number of nitrogens with one attached hydrogen (secondary N) is 4. The van der Waals surface area contributed by atoms with Crippen LogP contribution in [0.15, 0.2) is 36.5 Å². The second-order valence-electron chi connectivity index (χ2n) is 10.4. The summed E-state index contributed by atoms with van der Waals surface area (Å²) in [6.45, 7) is 8.23. The average molecular weight is 506 g/mol. The van der Waals surface area contributed by atoms with E-state index in [0.717, 1.165) is 18.8 Å². The summed E-state index contributed by atoms with van der Waals surface area (Å²) >= 11 is 0. The fourth-order valence-corrected chi connectivity index (χ4v) is 4.80. The zero-order chi connectivity index (χ0) is 26.2. The molecule has 0 atom stereocenters. The normalized spacial score (nSPS) is 17.0. The molecule has 2 aliphatic rings. The maximum absolute atomic E-state index is 14.5. The van der Waals surface area contributed by atoms with Crippen molar-refractivity contribution in [3.63, 3.8) is 0 Å². The number of amides is 1. The Hall–Kier alpha value is -3.63. The lowest BCUT2D eigenvalue weighted by molar-refractivity contribution is 0.0956. The lowest BCUT2D eigenvalue weighted by Gasteiger charge is -2.33. The Labute approximate surface area is 215 Å². The summed E-state index contributed by atoms with van der Waals surface area (Å²) in [5, 5.41) is 22.3. The number of aliphatic hydroxyl groups is 1. The van der Waals surface area contributed by atoms with Gasteiger partial charge in [0.1, 0.15) is 23.0 Å². The highest BCUT2D eigenvalue weighted by molar-refractivity contribution is 5.99. The third kappa shape index (κ3) is 4.99. The summed E-state index contributed by atoms with van der Waals surface area (Å²) in [6.07, 6.45) is 2.80. The lowest BCUT2D eigenvalue weighted by Crippen LogP contribution is -2.38. The summed E-state index contributed by atoms with van der Waals surface area (Å²) in [5.41, 5.74) is 3.21. The van der Waals surface area contributed by atoms with Crippen molar-refractivity contribution in [2.24, 2.45) is 0 Å². The van der Waals surface area contributed by atoms with Gasteiger partial charge in [-0.2, -0.15) is 4.98 Å². The van der Waals surface area contributed by atoms with Crippen LogP contribution in [-0.4, -0.2) is 45.7 Å². The number of hydrogen-bond acceptors (Lipinski definition) is 8. The Morgan fingerprint density at radius 2 is 1.97 bits per heavy atom. The van der Waals surface area contributed by atoms with E-state index in [1.54, 1.807) is 0 Å². The minimum Gasteiger partial charge on any atom is -0.395 e. The third-order valence-electron chi connectivity index (χ3n) is 7.09. The third-order valence-corrected chi connectivity index (χ3v) is 7.09. The molecule has 0 radical (unpaired) electrons. The molecule has 0 spiro atoms. The molecule has 5 rings (SSSR count). The number of anilines is 4. The van der Waals surface area contributed by atoms with Crippen LogP contribution in [0.3, 0.4) is 0 Å². The quantitative estimate of drug-likeness (QED) is 0.314. The van der Waals surface area contributed by atoms with Gasteiger partial charge in [-0.3, -0.25) is 4.79 Å². The number of carbonyl (C=O) groups excluding carboxylic acids is 1. The first-order valence-corrected chi connectivity index (χ1v) is 12.6. The Morgan fingerprint density at radius 3 is 2.70 bits per heavy atom. The molecule has 37 heavy (non-hydrogen) atoms. The molecule has 1 saturated carbocycles. The molecule has 0 unspecified atom stereocenters. The van der Waals surface area contributed by atoms with Gasteiger partial charge in [-0.1, -0.05) is 19.9 Å². The Balaban J connectivity index is 1.45. The van der Waals surface area contributed by atoms with E-state index in [0.29, 0.717) is 31.2 Å². The number of aliphatic hydroxyl groups excluding tert-OH is 1. The van der Waals surface area contributed by atoms with Gasteiger partial charge in [0.25, 0.3) is 5.91 Å². The molecule has 3 heterocycles. The highest BCUT2D eigenvalue weighted by Crippen LogP contribution is 2.48. The van der Waals surface area contributed by atoms with Crippen molar-refractivity contribution < 1.29 is 14.3 Å². The minimum absolute atomic E-state index is 0.0457. The van der Waals surface area contributed by atoms with E-state index in [-0.39, 0.29) is 35.0 Å². The second kappa shape index (κ2) is 9.68. The Kier molecular flexibility index (Phi) is 6.55. The van der Waals surface area contributed by atoms with Crippen LogP contribution >= 0.6 is 0 Å². The highest BCUT2D eigenvalue weighted by atomic mass is 19.1. The van der Waals surface area contributed by atoms with Crippen molar-refractivity contribution >= 4 is 29.2 Å². The van der Waals surface area contributed by atoms with E-state index in [1.165, 1.54) is 29.5 Å². The van der Waals surface area contributed by atoms with Crippen LogP contribution < -0.4 is 21.3 Å². The molecule has 5 N–H and O–H groups in total. The number of benzene rings is 1. The van der Waals surface area contributed by atoms with Crippen molar-refractivity contribution in [2.45, 2.75) is 51.0 Å². The number of aromatic nitrogens is 3. The summed E-state index contributed by atoms with van der Waals surface area (Å²) < 4.78 is 14.5. The number of fused-ring (bicyclic) bond motifs is 1. The Bertz CT molecular complexity index is 1340. The van der Waals surface area contributed by atoms with Gasteiger partial charge in [0.2, 0.25) is 5.95 Å². The first kappa shape index (κ1) is 25.0. The van der Waals surface area contributed by atoms with Gasteiger partial charge >= 0.3 is 0 Å². The number of halogens is 1. The lowest BCUT2D eigenvalue weighted by atomic mass is 9.79. The molecule has 2 aromatic heterocycles. The fraction of sp³-hybridized carbons (Fsp3) is 0.407. The number of pyridine rings is 1. The van der Waals surface area contributed by atoms with Gasteiger partial charge in [-0.05, 0) is 55.2 Å². The van der Waals surface area contributed by atoms with E-state index in [1.807, 2.05) is 13.0 Å². The summed E-state index contributed by atoms with van der Waals surface area (Å²) in [4.78, 5) is 26.1. The number of hydrogen-bond donors (Lipinski definition) is 5. The first-order valence-electron chi connectivity index (χ1n) is 12.6. The number of nitrogens with zero attached hydrogens (tertiary/aromatic N) is 3. The minimum atomic E-state index is -0.640. The van der Waals surface area contributed by atoms with Crippen molar-refractivity contribution in [3.05, 3.63) is 64.7 Å². The van der Waals surface area contributed by atoms with E-state index >= 15 is 0 Å². The number of rotatable bonds is 8. The van der Waals surface area contributed by atoms with E-state index < -0.39 is 11.2 Å². The van der Waals surface area contributed by atoms with Crippen LogP contribution in [0, 0.1) is 5.82 Å². The smallest absolute Gasteiger partial charge is 0.256 e. The topological polar surface area (TPSA) is 124 Å². The monoisotopic (exact) mass is 505 g/mol. The van der Waals surface area contributed by atoms with Crippen molar-refractivity contribution in [1.29, 1.82) is 0 Å². The molecular weight excluding hydrogens is 473 g/mol. The average Bonchev–Trinajstić information content (AvgIpc) is 3.66. The molecule has 3 aromatic rings. The van der Waals surface area contributed by atoms with Gasteiger partial charge in [0, 0.05) is 42.3 Å². The summed E-state index contributed by atoms with van der Waals surface area (Å²) in [6, 6.07) is 9.00. The van der Waals surface area contributed by atoms with Gasteiger partial charge in [-0.15, -0.1) is 0 Å². The summed E-state index contributed by atoms with van der Waals surface area (Å²) in [7, 11) is 0. The summed E-state index contributed by atoms with van der Waals surface area (Å²) in [5.74, 6) is 0.0672. The largest absolute Gasteiger partial charge is 0.395 e. The highest BCUT2D eigenvalue weighted by Gasteiger charge is 2.47. The fourth-order valence-electron chi connectivity index (χ4n) is 4.80. The molecule has 194 valence electrons. The van der Waals surface area contributed by atoms with Crippen LogP contribution in [0.2, 0.25) is 0 Å². The standard InChI is InChI=1S/C27H32FN7O2/c1-4-30-24(37)18-13-31-25(32-17-5-6-19-16(11-17)12-29-14-26(19,2)3)35-23(18)34-21-8-7-20(28)22(33-21)27(15-36)9-10-27/h5-8,11,13,29,36H,4,9-10,12,14-15H2,1-3H3,(H,30,37)(H2,31,32,33,34,35). The molecular formula is C27H32FN7O2. The maximum Gasteiger partial charge on any atom is 0.256 e. The molecule has 0 bridgehead atoms. The molecule has 1 fully saturated rings. The molecule has 1 aliphatic carbocycles. The van der Waals surface area contributed by atoms with Crippen LogP contribution in [0.25, 0.3) is 0 Å². The van der Waals surface area contributed by atoms with E-state index in [9.17, 15) is 14.3 Å². The van der Waals surface area contributed by atoms with Crippen LogP contribution in [0.1, 0.15) is 60.8 Å². The zero-order valence-electron chi connectivity index (χ0n) is 21.3. The van der Waals surface area contributed by atoms with E-state index in [4.69, 9.17) is 0 Å². The maximum atomic E-state index is 14.5. The van der Waals surface area contributed by atoms with Crippen LogP contribution in [0.4, 0.5) is 27.7 Å². The van der Waals surface area contributed by atoms with Crippen molar-refractivity contribution in [3.8, 4) is 0 Å². The van der Waals surface area contributed by atoms with Crippen molar-refractivity contribution in [2.75, 3.05) is 30.3 Å². The van der Waals surface area contributed by atoms with Gasteiger partial charge in [0.05, 0.1) is 12.3 Å². The van der Waals surface area contributed by atoms with Crippen LogP contribution in [-0.2, 0) is 17.4 Å². The number of carbonyl (C=O) groups is 1. The molecule has 9 nitrogen and oxygen atoms in total. The van der Waals surface area contributed by atoms with Gasteiger partial charge in [0.15, 0.2) is 0 Å². The first-order chi connectivity index (χ1) is 17.7. The van der Waals surface area contributed by atoms with Gasteiger partial charge < -0.3 is 26.4 Å². The SMILES string of the molecule is CCNC(=O)c1cnc(Nc2ccc3c(c2)CNCC3(C)C)nc1Nc1ccc(F)c(C2(CO)CC2)n1. The van der Waals surface area contributed by atoms with Gasteiger partial charge in [-0.25, -0.2) is 14.4 Å². The zero-order valence-corrected chi connectivity index (χ0v) is 21.3. The molecule has 1 aliphatic heterocycles. The molecule has 0 saturated heterocycles.